The maximum atomic E-state index is 12.6. The van der Waals surface area contributed by atoms with Gasteiger partial charge >= 0.3 is 0 Å². The van der Waals surface area contributed by atoms with E-state index >= 15 is 0 Å². The first kappa shape index (κ1) is 18.3. The Labute approximate surface area is 138 Å². The highest BCUT2D eigenvalue weighted by molar-refractivity contribution is 9.10. The van der Waals surface area contributed by atoms with Gasteiger partial charge in [0.05, 0.1) is 6.54 Å². The van der Waals surface area contributed by atoms with Crippen molar-refractivity contribution >= 4 is 43.5 Å². The lowest BCUT2D eigenvalue weighted by molar-refractivity contribution is -0.121. The first-order valence-electron chi connectivity index (χ1n) is 6.29. The molecule has 1 aromatic rings. The summed E-state index contributed by atoms with van der Waals surface area (Å²) in [5, 5.41) is 2.53. The van der Waals surface area contributed by atoms with E-state index in [2.05, 4.69) is 26.2 Å². The van der Waals surface area contributed by atoms with Crippen LogP contribution in [-0.4, -0.2) is 42.7 Å². The van der Waals surface area contributed by atoms with E-state index in [4.69, 9.17) is 11.6 Å². The number of nitrogens with one attached hydrogen (secondary N) is 1. The Kier molecular flexibility index (Phi) is 6.58. The standard InChI is InChI=1S/C12H17BrClN3O3S/c1-4-17(7-11(18)16-8(2)3)21(19,20)10-5-9(13)6-15-12(10)14/h5-6,8H,4,7H2,1-3H3,(H,16,18). The maximum absolute atomic E-state index is 12.6. The van der Waals surface area contributed by atoms with Crippen molar-refractivity contribution in [3.63, 3.8) is 0 Å². The van der Waals surface area contributed by atoms with Crippen molar-refractivity contribution in [1.82, 2.24) is 14.6 Å². The van der Waals surface area contributed by atoms with Crippen LogP contribution in [0.3, 0.4) is 0 Å². The third kappa shape index (κ3) is 4.91. The molecule has 1 heterocycles. The van der Waals surface area contributed by atoms with Crippen molar-refractivity contribution in [3.8, 4) is 0 Å². The molecule has 21 heavy (non-hydrogen) atoms. The molecule has 0 fully saturated rings. The van der Waals surface area contributed by atoms with E-state index in [1.807, 2.05) is 0 Å². The van der Waals surface area contributed by atoms with E-state index in [0.717, 1.165) is 4.31 Å². The number of amides is 1. The molecular formula is C12H17BrClN3O3S. The van der Waals surface area contributed by atoms with Crippen molar-refractivity contribution in [2.75, 3.05) is 13.1 Å². The summed E-state index contributed by atoms with van der Waals surface area (Å²) in [6, 6.07) is 1.31. The number of aromatic nitrogens is 1. The van der Waals surface area contributed by atoms with Crippen molar-refractivity contribution in [1.29, 1.82) is 0 Å². The smallest absolute Gasteiger partial charge is 0.246 e. The average molecular weight is 399 g/mol. The molecule has 1 aromatic heterocycles. The molecule has 118 valence electrons. The van der Waals surface area contributed by atoms with Crippen LogP contribution in [0.5, 0.6) is 0 Å². The number of nitrogens with zero attached hydrogens (tertiary/aromatic N) is 2. The Morgan fingerprint density at radius 3 is 2.67 bits per heavy atom. The van der Waals surface area contributed by atoms with Crippen LogP contribution in [0.15, 0.2) is 21.6 Å². The molecule has 0 radical (unpaired) electrons. The minimum absolute atomic E-state index is 0.0602. The molecule has 0 bridgehead atoms. The number of hydrogen-bond acceptors (Lipinski definition) is 4. The van der Waals surface area contributed by atoms with Crippen LogP contribution < -0.4 is 5.32 Å². The van der Waals surface area contributed by atoms with Gasteiger partial charge in [0.15, 0.2) is 0 Å². The summed E-state index contributed by atoms with van der Waals surface area (Å²) in [6.07, 6.45) is 1.41. The monoisotopic (exact) mass is 397 g/mol. The van der Waals surface area contributed by atoms with E-state index < -0.39 is 10.0 Å². The highest BCUT2D eigenvalue weighted by Gasteiger charge is 2.28. The second-order valence-electron chi connectivity index (χ2n) is 4.60. The Morgan fingerprint density at radius 1 is 1.52 bits per heavy atom. The zero-order chi connectivity index (χ0) is 16.2. The molecule has 0 saturated carbocycles. The lowest BCUT2D eigenvalue weighted by Crippen LogP contribution is -2.42. The molecule has 0 aromatic carbocycles. The van der Waals surface area contributed by atoms with Crippen LogP contribution >= 0.6 is 27.5 Å². The molecular weight excluding hydrogens is 382 g/mol. The van der Waals surface area contributed by atoms with Gasteiger partial charge in [-0.1, -0.05) is 18.5 Å². The average Bonchev–Trinajstić information content (AvgIpc) is 2.37. The molecule has 1 rings (SSSR count). The molecule has 0 aliphatic carbocycles. The van der Waals surface area contributed by atoms with Crippen LogP contribution in [-0.2, 0) is 14.8 Å². The third-order valence-electron chi connectivity index (χ3n) is 2.51. The second kappa shape index (κ2) is 7.53. The molecule has 9 heteroatoms. The van der Waals surface area contributed by atoms with Gasteiger partial charge in [0, 0.05) is 23.3 Å². The van der Waals surface area contributed by atoms with Gasteiger partial charge in [-0.3, -0.25) is 4.79 Å². The third-order valence-corrected chi connectivity index (χ3v) is 5.29. The van der Waals surface area contributed by atoms with Crippen LogP contribution in [0.25, 0.3) is 0 Å². The number of pyridine rings is 1. The van der Waals surface area contributed by atoms with E-state index in [9.17, 15) is 13.2 Å². The fraction of sp³-hybridized carbons (Fsp3) is 0.500. The quantitative estimate of drug-likeness (QED) is 0.744. The van der Waals surface area contributed by atoms with Gasteiger partial charge in [-0.25, -0.2) is 13.4 Å². The van der Waals surface area contributed by atoms with Crippen LogP contribution in [0.1, 0.15) is 20.8 Å². The summed E-state index contributed by atoms with van der Waals surface area (Å²) in [4.78, 5) is 15.5. The first-order chi connectivity index (χ1) is 9.68. The SMILES string of the molecule is CCN(CC(=O)NC(C)C)S(=O)(=O)c1cc(Br)cnc1Cl. The van der Waals surface area contributed by atoms with Crippen LogP contribution in [0.2, 0.25) is 5.15 Å². The Bertz CT molecular complexity index is 622. The fourth-order valence-electron chi connectivity index (χ4n) is 1.62. The lowest BCUT2D eigenvalue weighted by atomic mass is 10.4. The number of sulfonamides is 1. The molecule has 1 N–H and O–H groups in total. The molecule has 0 saturated heterocycles. The molecule has 1 amide bonds. The van der Waals surface area contributed by atoms with Gasteiger partial charge in [-0.15, -0.1) is 0 Å². The van der Waals surface area contributed by atoms with Gasteiger partial charge in [0.25, 0.3) is 0 Å². The largest absolute Gasteiger partial charge is 0.353 e. The summed E-state index contributed by atoms with van der Waals surface area (Å²) in [7, 11) is -3.89. The maximum Gasteiger partial charge on any atom is 0.246 e. The molecule has 0 spiro atoms. The van der Waals surface area contributed by atoms with Crippen LogP contribution in [0, 0.1) is 0 Å². The highest BCUT2D eigenvalue weighted by Crippen LogP contribution is 2.25. The summed E-state index contributed by atoms with van der Waals surface area (Å²) in [5.74, 6) is -0.366. The van der Waals surface area contributed by atoms with Gasteiger partial charge in [-0.05, 0) is 35.8 Å². The van der Waals surface area contributed by atoms with E-state index in [1.54, 1.807) is 20.8 Å². The normalized spacial score (nSPS) is 12.0. The highest BCUT2D eigenvalue weighted by atomic mass is 79.9. The number of halogens is 2. The molecule has 0 atom stereocenters. The topological polar surface area (TPSA) is 79.4 Å². The number of hydrogen-bond donors (Lipinski definition) is 1. The van der Waals surface area contributed by atoms with Gasteiger partial charge in [0.1, 0.15) is 10.0 Å². The summed E-state index contributed by atoms with van der Waals surface area (Å²) < 4.78 is 26.7. The summed E-state index contributed by atoms with van der Waals surface area (Å²) in [6.45, 7) is 5.14. The second-order valence-corrected chi connectivity index (χ2v) is 7.78. The summed E-state index contributed by atoms with van der Waals surface area (Å²) in [5.41, 5.74) is 0. The Morgan fingerprint density at radius 2 is 2.14 bits per heavy atom. The number of rotatable bonds is 6. The number of carbonyl (C=O) groups is 1. The zero-order valence-corrected chi connectivity index (χ0v) is 15.1. The van der Waals surface area contributed by atoms with E-state index in [-0.39, 0.29) is 35.1 Å². The zero-order valence-electron chi connectivity index (χ0n) is 11.9. The van der Waals surface area contributed by atoms with Crippen molar-refractivity contribution in [2.24, 2.45) is 0 Å². The van der Waals surface area contributed by atoms with Gasteiger partial charge in [0.2, 0.25) is 15.9 Å². The Balaban J connectivity index is 3.08. The number of likely N-dealkylation sites (N-methyl/N-ethyl adjacent to an activating group) is 1. The fourth-order valence-corrected chi connectivity index (χ4v) is 3.94. The summed E-state index contributed by atoms with van der Waals surface area (Å²) >= 11 is 9.02. The Hall–Kier alpha value is -0.700. The number of carbonyl (C=O) groups excluding carboxylic acids is 1. The van der Waals surface area contributed by atoms with Gasteiger partial charge in [-0.2, -0.15) is 4.31 Å². The molecule has 0 unspecified atom stereocenters. The molecule has 0 aliphatic rings. The van der Waals surface area contributed by atoms with Gasteiger partial charge < -0.3 is 5.32 Å². The molecule has 6 nitrogen and oxygen atoms in total. The van der Waals surface area contributed by atoms with Crippen molar-refractivity contribution in [2.45, 2.75) is 31.7 Å². The van der Waals surface area contributed by atoms with Crippen LogP contribution in [0.4, 0.5) is 0 Å². The molecule has 0 aliphatic heterocycles. The van der Waals surface area contributed by atoms with E-state index in [1.165, 1.54) is 12.3 Å². The van der Waals surface area contributed by atoms with E-state index in [0.29, 0.717) is 4.47 Å². The minimum atomic E-state index is -3.89. The van der Waals surface area contributed by atoms with Crippen molar-refractivity contribution in [3.05, 3.63) is 21.9 Å². The first-order valence-corrected chi connectivity index (χ1v) is 8.90. The lowest BCUT2D eigenvalue weighted by Gasteiger charge is -2.21. The minimum Gasteiger partial charge on any atom is -0.353 e. The predicted octanol–water partition coefficient (Wildman–Crippen LogP) is 2.03. The predicted molar refractivity (Wildman–Crippen MR) is 84.7 cm³/mol. The van der Waals surface area contributed by atoms with Crippen molar-refractivity contribution < 1.29 is 13.2 Å².